The molecule has 0 fully saturated rings. The molecule has 1 amide bonds. The third-order valence-electron chi connectivity index (χ3n) is 3.91. The predicted molar refractivity (Wildman–Crippen MR) is 97.7 cm³/mol. The van der Waals surface area contributed by atoms with E-state index in [1.54, 1.807) is 24.3 Å². The molecule has 3 aromatic rings. The average molecular weight is 341 g/mol. The molecule has 0 unspecified atom stereocenters. The zero-order valence-electron chi connectivity index (χ0n) is 13.2. The van der Waals surface area contributed by atoms with Crippen molar-refractivity contribution >= 4 is 34.1 Å². The number of benzene rings is 2. The molecule has 0 aliphatic heterocycles. The Balaban J connectivity index is 1.71. The van der Waals surface area contributed by atoms with Gasteiger partial charge in [0.1, 0.15) is 0 Å². The molecule has 2 aromatic carbocycles. The molecular formula is C19H17ClN2O2. The number of amides is 1. The van der Waals surface area contributed by atoms with Gasteiger partial charge in [-0.05, 0) is 54.6 Å². The molecule has 0 atom stereocenters. The van der Waals surface area contributed by atoms with E-state index in [0.717, 1.165) is 16.5 Å². The number of carbonyl (C=O) groups is 1. The van der Waals surface area contributed by atoms with Crippen LogP contribution in [0.1, 0.15) is 17.5 Å². The normalized spacial score (nSPS) is 10.8. The first-order chi connectivity index (χ1) is 11.5. The molecule has 0 aliphatic carbocycles. The third-order valence-corrected chi connectivity index (χ3v) is 4.17. The number of aromatic nitrogens is 1. The number of aryl methyl sites for hydroxylation is 2. The van der Waals surface area contributed by atoms with E-state index in [1.807, 2.05) is 31.2 Å². The number of carbonyl (C=O) groups excluding carboxylic acids is 1. The minimum atomic E-state index is -0.143. The molecule has 0 spiro atoms. The lowest BCUT2D eigenvalue weighted by atomic mass is 10.1. The summed E-state index contributed by atoms with van der Waals surface area (Å²) < 4.78 is 0. The maximum atomic E-state index is 12.2. The van der Waals surface area contributed by atoms with Crippen molar-refractivity contribution in [3.05, 3.63) is 75.0 Å². The largest absolute Gasteiger partial charge is 0.326 e. The summed E-state index contributed by atoms with van der Waals surface area (Å²) in [5.41, 5.74) is 3.02. The van der Waals surface area contributed by atoms with E-state index >= 15 is 0 Å². The van der Waals surface area contributed by atoms with Gasteiger partial charge in [0.2, 0.25) is 5.91 Å². The van der Waals surface area contributed by atoms with Gasteiger partial charge in [-0.1, -0.05) is 29.8 Å². The number of fused-ring (bicyclic) bond motifs is 1. The molecule has 0 bridgehead atoms. The van der Waals surface area contributed by atoms with Crippen molar-refractivity contribution in [3.8, 4) is 0 Å². The number of nitrogens with one attached hydrogen (secondary N) is 2. The second-order valence-corrected chi connectivity index (χ2v) is 6.15. The maximum absolute atomic E-state index is 12.2. The van der Waals surface area contributed by atoms with E-state index < -0.39 is 0 Å². The first-order valence-electron chi connectivity index (χ1n) is 7.70. The Kier molecular flexibility index (Phi) is 4.67. The van der Waals surface area contributed by atoms with E-state index in [1.165, 1.54) is 0 Å². The smallest absolute Gasteiger partial charge is 0.251 e. The molecule has 1 aromatic heterocycles. The fourth-order valence-corrected chi connectivity index (χ4v) is 2.75. The molecular weight excluding hydrogens is 324 g/mol. The fraction of sp³-hybridized carbons (Fsp3) is 0.158. The Bertz CT molecular complexity index is 946. The van der Waals surface area contributed by atoms with Crippen LogP contribution in [0.2, 0.25) is 5.02 Å². The summed E-state index contributed by atoms with van der Waals surface area (Å²) in [5.74, 6) is -0.138. The Morgan fingerprint density at radius 1 is 1.17 bits per heavy atom. The van der Waals surface area contributed by atoms with Crippen molar-refractivity contribution in [2.24, 2.45) is 0 Å². The van der Waals surface area contributed by atoms with E-state index in [4.69, 9.17) is 11.6 Å². The van der Waals surface area contributed by atoms with Crippen LogP contribution in [0.4, 0.5) is 5.69 Å². The summed E-state index contributed by atoms with van der Waals surface area (Å²) in [6.45, 7) is 1.96. The predicted octanol–water partition coefficient (Wildman–Crippen LogP) is 4.06. The van der Waals surface area contributed by atoms with Crippen molar-refractivity contribution in [2.75, 3.05) is 5.32 Å². The summed E-state index contributed by atoms with van der Waals surface area (Å²) in [5, 5.41) is 4.39. The number of halogens is 1. The molecule has 4 nitrogen and oxygen atoms in total. The molecule has 0 aliphatic rings. The van der Waals surface area contributed by atoms with Crippen LogP contribution in [0.15, 0.2) is 53.3 Å². The van der Waals surface area contributed by atoms with Crippen molar-refractivity contribution in [1.29, 1.82) is 0 Å². The summed E-state index contributed by atoms with van der Waals surface area (Å²) in [4.78, 5) is 27.1. The first-order valence-corrected chi connectivity index (χ1v) is 8.08. The van der Waals surface area contributed by atoms with Gasteiger partial charge in [0.05, 0.1) is 5.52 Å². The SMILES string of the molecule is Cc1cccc2cc(CCC(=O)Nc3ccc(Cl)cc3)c(=O)[nH]c12. The quantitative estimate of drug-likeness (QED) is 0.752. The molecule has 24 heavy (non-hydrogen) atoms. The minimum Gasteiger partial charge on any atom is -0.326 e. The van der Waals surface area contributed by atoms with E-state index in [2.05, 4.69) is 10.3 Å². The summed E-state index contributed by atoms with van der Waals surface area (Å²) in [6.07, 6.45) is 0.627. The lowest BCUT2D eigenvalue weighted by molar-refractivity contribution is -0.116. The van der Waals surface area contributed by atoms with Crippen LogP contribution >= 0.6 is 11.6 Å². The van der Waals surface area contributed by atoms with Gasteiger partial charge in [-0.3, -0.25) is 9.59 Å². The third kappa shape index (κ3) is 3.66. The van der Waals surface area contributed by atoms with Crippen molar-refractivity contribution in [3.63, 3.8) is 0 Å². The van der Waals surface area contributed by atoms with Gasteiger partial charge >= 0.3 is 0 Å². The van der Waals surface area contributed by atoms with Crippen LogP contribution in [-0.4, -0.2) is 10.9 Å². The lowest BCUT2D eigenvalue weighted by Crippen LogP contribution is -2.17. The highest BCUT2D eigenvalue weighted by atomic mass is 35.5. The van der Waals surface area contributed by atoms with Crippen LogP contribution in [0.3, 0.4) is 0 Å². The fourth-order valence-electron chi connectivity index (χ4n) is 2.62. The summed E-state index contributed by atoms with van der Waals surface area (Å²) in [6, 6.07) is 14.6. The van der Waals surface area contributed by atoms with Gasteiger partial charge < -0.3 is 10.3 Å². The molecule has 122 valence electrons. The molecule has 2 N–H and O–H groups in total. The molecule has 0 radical (unpaired) electrons. The second kappa shape index (κ2) is 6.89. The molecule has 5 heteroatoms. The van der Waals surface area contributed by atoms with E-state index in [9.17, 15) is 9.59 Å². The number of rotatable bonds is 4. The van der Waals surface area contributed by atoms with Gasteiger partial charge in [-0.15, -0.1) is 0 Å². The van der Waals surface area contributed by atoms with Gasteiger partial charge in [0.25, 0.3) is 5.56 Å². The number of pyridine rings is 1. The molecule has 0 saturated carbocycles. The summed E-state index contributed by atoms with van der Waals surface area (Å²) >= 11 is 5.81. The van der Waals surface area contributed by atoms with Crippen LogP contribution in [0.25, 0.3) is 10.9 Å². The van der Waals surface area contributed by atoms with Gasteiger partial charge in [-0.25, -0.2) is 0 Å². The van der Waals surface area contributed by atoms with Gasteiger partial charge in [0.15, 0.2) is 0 Å². The highest BCUT2D eigenvalue weighted by Crippen LogP contribution is 2.16. The Labute approximate surface area is 144 Å². The molecule has 0 saturated heterocycles. The zero-order valence-corrected chi connectivity index (χ0v) is 14.0. The number of aromatic amines is 1. The van der Waals surface area contributed by atoms with E-state index in [-0.39, 0.29) is 17.9 Å². The highest BCUT2D eigenvalue weighted by molar-refractivity contribution is 6.30. The van der Waals surface area contributed by atoms with Crippen molar-refractivity contribution in [1.82, 2.24) is 4.98 Å². The van der Waals surface area contributed by atoms with Gasteiger partial charge in [-0.2, -0.15) is 0 Å². The minimum absolute atomic E-state index is 0.138. The van der Waals surface area contributed by atoms with Crippen molar-refractivity contribution in [2.45, 2.75) is 19.8 Å². The Morgan fingerprint density at radius 2 is 1.92 bits per heavy atom. The highest BCUT2D eigenvalue weighted by Gasteiger charge is 2.08. The maximum Gasteiger partial charge on any atom is 0.251 e. The van der Waals surface area contributed by atoms with Crippen LogP contribution in [0.5, 0.6) is 0 Å². The number of hydrogen-bond acceptors (Lipinski definition) is 2. The second-order valence-electron chi connectivity index (χ2n) is 5.72. The zero-order chi connectivity index (χ0) is 17.1. The number of hydrogen-bond donors (Lipinski definition) is 2. The topological polar surface area (TPSA) is 62.0 Å². The van der Waals surface area contributed by atoms with Crippen LogP contribution < -0.4 is 10.9 Å². The monoisotopic (exact) mass is 340 g/mol. The Morgan fingerprint density at radius 3 is 2.67 bits per heavy atom. The Hall–Kier alpha value is -2.59. The number of H-pyrrole nitrogens is 1. The average Bonchev–Trinajstić information content (AvgIpc) is 2.56. The number of para-hydroxylation sites is 1. The molecule has 1 heterocycles. The van der Waals surface area contributed by atoms with Crippen LogP contribution in [-0.2, 0) is 11.2 Å². The number of anilines is 1. The summed E-state index contributed by atoms with van der Waals surface area (Å²) in [7, 11) is 0. The van der Waals surface area contributed by atoms with E-state index in [0.29, 0.717) is 22.7 Å². The standard InChI is InChI=1S/C19H17ClN2O2/c1-12-3-2-4-13-11-14(19(24)22-18(12)13)5-10-17(23)21-16-8-6-15(20)7-9-16/h2-4,6-9,11H,5,10H2,1H3,(H,21,23)(H,22,24). The molecule has 3 rings (SSSR count). The van der Waals surface area contributed by atoms with Gasteiger partial charge in [0, 0.05) is 22.7 Å². The first kappa shape index (κ1) is 16.3. The lowest BCUT2D eigenvalue weighted by Gasteiger charge is -2.07. The van der Waals surface area contributed by atoms with Crippen LogP contribution in [0, 0.1) is 6.92 Å². The van der Waals surface area contributed by atoms with Crippen molar-refractivity contribution < 1.29 is 4.79 Å².